The van der Waals surface area contributed by atoms with Crippen molar-refractivity contribution in [3.8, 4) is 0 Å². The SMILES string of the molecule is Cc1ccc(C(N)CO)cc1C(=O)O. The van der Waals surface area contributed by atoms with Gasteiger partial charge in [0, 0.05) is 0 Å². The highest BCUT2D eigenvalue weighted by Gasteiger charge is 2.10. The zero-order valence-corrected chi connectivity index (χ0v) is 7.90. The lowest BCUT2D eigenvalue weighted by Crippen LogP contribution is -2.15. The van der Waals surface area contributed by atoms with Crippen molar-refractivity contribution in [3.63, 3.8) is 0 Å². The van der Waals surface area contributed by atoms with Crippen molar-refractivity contribution < 1.29 is 15.0 Å². The van der Waals surface area contributed by atoms with Crippen molar-refractivity contribution in [1.82, 2.24) is 0 Å². The maximum atomic E-state index is 10.8. The third kappa shape index (κ3) is 2.10. The number of hydrogen-bond acceptors (Lipinski definition) is 3. The second-order valence-corrected chi connectivity index (χ2v) is 3.17. The molecule has 1 aromatic rings. The summed E-state index contributed by atoms with van der Waals surface area (Å²) in [6.07, 6.45) is 0. The summed E-state index contributed by atoms with van der Waals surface area (Å²) in [4.78, 5) is 10.8. The van der Waals surface area contributed by atoms with Crippen LogP contribution in [0.3, 0.4) is 0 Å². The molecule has 0 fully saturated rings. The van der Waals surface area contributed by atoms with Gasteiger partial charge in [-0.25, -0.2) is 4.79 Å². The second kappa shape index (κ2) is 4.21. The molecule has 4 nitrogen and oxygen atoms in total. The molecule has 14 heavy (non-hydrogen) atoms. The van der Waals surface area contributed by atoms with Gasteiger partial charge >= 0.3 is 5.97 Å². The standard InChI is InChI=1S/C10H13NO3/c1-6-2-3-7(9(11)5-12)4-8(6)10(13)14/h2-4,9,12H,5,11H2,1H3,(H,13,14). The monoisotopic (exact) mass is 195 g/mol. The van der Waals surface area contributed by atoms with Crippen LogP contribution in [0.5, 0.6) is 0 Å². The number of aliphatic hydroxyl groups excluding tert-OH is 1. The number of benzene rings is 1. The number of carbonyl (C=O) groups is 1. The normalized spacial score (nSPS) is 12.5. The summed E-state index contributed by atoms with van der Waals surface area (Å²) in [5, 5.41) is 17.7. The number of carboxylic acids is 1. The summed E-state index contributed by atoms with van der Waals surface area (Å²) < 4.78 is 0. The fourth-order valence-electron chi connectivity index (χ4n) is 1.21. The van der Waals surface area contributed by atoms with Crippen molar-refractivity contribution in [1.29, 1.82) is 0 Å². The molecule has 0 aliphatic rings. The highest BCUT2D eigenvalue weighted by atomic mass is 16.4. The molecule has 1 atom stereocenters. The van der Waals surface area contributed by atoms with Crippen LogP contribution in [-0.2, 0) is 0 Å². The summed E-state index contributed by atoms with van der Waals surface area (Å²) in [7, 11) is 0. The Bertz CT molecular complexity index is 349. The van der Waals surface area contributed by atoms with Crippen LogP contribution in [-0.4, -0.2) is 22.8 Å². The summed E-state index contributed by atoms with van der Waals surface area (Å²) in [5.41, 5.74) is 7.12. The highest BCUT2D eigenvalue weighted by molar-refractivity contribution is 5.89. The van der Waals surface area contributed by atoms with Gasteiger partial charge in [0.2, 0.25) is 0 Å². The molecule has 0 saturated carbocycles. The summed E-state index contributed by atoms with van der Waals surface area (Å²) in [6.45, 7) is 1.53. The van der Waals surface area contributed by atoms with Gasteiger partial charge in [-0.3, -0.25) is 0 Å². The van der Waals surface area contributed by atoms with Crippen molar-refractivity contribution in [2.75, 3.05) is 6.61 Å². The minimum atomic E-state index is -0.977. The molecule has 0 saturated heterocycles. The zero-order chi connectivity index (χ0) is 10.7. The van der Waals surface area contributed by atoms with Crippen LogP contribution in [0.2, 0.25) is 0 Å². The molecule has 1 unspecified atom stereocenters. The highest BCUT2D eigenvalue weighted by Crippen LogP contribution is 2.15. The van der Waals surface area contributed by atoms with E-state index in [1.54, 1.807) is 19.1 Å². The van der Waals surface area contributed by atoms with Crippen LogP contribution in [0.15, 0.2) is 18.2 Å². The summed E-state index contributed by atoms with van der Waals surface area (Å²) in [5.74, 6) is -0.977. The average molecular weight is 195 g/mol. The first-order valence-corrected chi connectivity index (χ1v) is 4.26. The maximum Gasteiger partial charge on any atom is 0.335 e. The molecule has 0 amide bonds. The molecule has 1 aromatic carbocycles. The molecule has 0 bridgehead atoms. The van der Waals surface area contributed by atoms with Gasteiger partial charge in [0.25, 0.3) is 0 Å². The molecule has 0 aliphatic heterocycles. The van der Waals surface area contributed by atoms with Crippen molar-refractivity contribution in [3.05, 3.63) is 34.9 Å². The van der Waals surface area contributed by atoms with Crippen molar-refractivity contribution >= 4 is 5.97 Å². The topological polar surface area (TPSA) is 83.5 Å². The lowest BCUT2D eigenvalue weighted by atomic mass is 10.0. The molecular weight excluding hydrogens is 182 g/mol. The van der Waals surface area contributed by atoms with Gasteiger partial charge in [-0.2, -0.15) is 0 Å². The first kappa shape index (κ1) is 10.7. The van der Waals surface area contributed by atoms with Gasteiger partial charge in [0.15, 0.2) is 0 Å². The number of aliphatic hydroxyl groups is 1. The van der Waals surface area contributed by atoms with E-state index in [0.29, 0.717) is 11.1 Å². The second-order valence-electron chi connectivity index (χ2n) is 3.17. The van der Waals surface area contributed by atoms with Crippen LogP contribution in [0.4, 0.5) is 0 Å². The Hall–Kier alpha value is -1.39. The Morgan fingerprint density at radius 3 is 2.71 bits per heavy atom. The number of aryl methyl sites for hydroxylation is 1. The lowest BCUT2D eigenvalue weighted by Gasteiger charge is -2.10. The van der Waals surface area contributed by atoms with Crippen LogP contribution >= 0.6 is 0 Å². The Morgan fingerprint density at radius 1 is 1.57 bits per heavy atom. The predicted octanol–water partition coefficient (Wildman–Crippen LogP) is 0.685. The van der Waals surface area contributed by atoms with Crippen molar-refractivity contribution in [2.45, 2.75) is 13.0 Å². The Labute approximate surface area is 82.0 Å². The number of nitrogens with two attached hydrogens (primary N) is 1. The third-order valence-corrected chi connectivity index (χ3v) is 2.12. The molecular formula is C10H13NO3. The van der Waals surface area contributed by atoms with E-state index in [9.17, 15) is 4.79 Å². The van der Waals surface area contributed by atoms with E-state index in [2.05, 4.69) is 0 Å². The Kier molecular flexibility index (Phi) is 3.22. The number of aromatic carboxylic acids is 1. The molecule has 1 rings (SSSR count). The Morgan fingerprint density at radius 2 is 2.21 bits per heavy atom. The number of hydrogen-bond donors (Lipinski definition) is 3. The quantitative estimate of drug-likeness (QED) is 0.662. The molecule has 0 spiro atoms. The summed E-state index contributed by atoms with van der Waals surface area (Å²) in [6, 6.07) is 4.39. The van der Waals surface area contributed by atoms with E-state index in [-0.39, 0.29) is 12.2 Å². The minimum Gasteiger partial charge on any atom is -0.478 e. The van der Waals surface area contributed by atoms with E-state index in [1.165, 1.54) is 6.07 Å². The van der Waals surface area contributed by atoms with Crippen LogP contribution in [0.25, 0.3) is 0 Å². The predicted molar refractivity (Wildman–Crippen MR) is 52.2 cm³/mol. The molecule has 4 heteroatoms. The lowest BCUT2D eigenvalue weighted by molar-refractivity contribution is 0.0696. The van der Waals surface area contributed by atoms with Gasteiger partial charge in [-0.05, 0) is 24.1 Å². The zero-order valence-electron chi connectivity index (χ0n) is 7.90. The van der Waals surface area contributed by atoms with Gasteiger partial charge in [0.1, 0.15) is 0 Å². The van der Waals surface area contributed by atoms with Crippen LogP contribution < -0.4 is 5.73 Å². The van der Waals surface area contributed by atoms with E-state index >= 15 is 0 Å². The van der Waals surface area contributed by atoms with E-state index < -0.39 is 12.0 Å². The Balaban J connectivity index is 3.12. The summed E-state index contributed by atoms with van der Waals surface area (Å²) >= 11 is 0. The van der Waals surface area contributed by atoms with Crippen molar-refractivity contribution in [2.24, 2.45) is 5.73 Å². The largest absolute Gasteiger partial charge is 0.478 e. The number of carboxylic acid groups (broad SMARTS) is 1. The van der Waals surface area contributed by atoms with Gasteiger partial charge in [0.05, 0.1) is 18.2 Å². The average Bonchev–Trinajstić information content (AvgIpc) is 2.17. The molecule has 4 N–H and O–H groups in total. The molecule has 0 aliphatic carbocycles. The molecule has 0 radical (unpaired) electrons. The van der Waals surface area contributed by atoms with Gasteiger partial charge in [-0.1, -0.05) is 12.1 Å². The third-order valence-electron chi connectivity index (χ3n) is 2.12. The molecule has 0 heterocycles. The van der Waals surface area contributed by atoms with E-state index in [0.717, 1.165) is 0 Å². The molecule has 0 aromatic heterocycles. The molecule has 76 valence electrons. The van der Waals surface area contributed by atoms with E-state index in [1.807, 2.05) is 0 Å². The minimum absolute atomic E-state index is 0.192. The van der Waals surface area contributed by atoms with Gasteiger partial charge in [-0.15, -0.1) is 0 Å². The fraction of sp³-hybridized carbons (Fsp3) is 0.300. The number of rotatable bonds is 3. The first-order valence-electron chi connectivity index (χ1n) is 4.26. The van der Waals surface area contributed by atoms with Crippen LogP contribution in [0.1, 0.15) is 27.5 Å². The fourth-order valence-corrected chi connectivity index (χ4v) is 1.21. The van der Waals surface area contributed by atoms with Gasteiger partial charge < -0.3 is 15.9 Å². The van der Waals surface area contributed by atoms with Crippen LogP contribution in [0, 0.1) is 6.92 Å². The maximum absolute atomic E-state index is 10.8. The first-order chi connectivity index (χ1) is 6.56. The van der Waals surface area contributed by atoms with E-state index in [4.69, 9.17) is 15.9 Å². The smallest absolute Gasteiger partial charge is 0.335 e.